The van der Waals surface area contributed by atoms with Crippen LogP contribution in [0.4, 0.5) is 5.82 Å². The van der Waals surface area contributed by atoms with Crippen LogP contribution in [0, 0.1) is 0 Å². The Morgan fingerprint density at radius 3 is 2.26 bits per heavy atom. The predicted octanol–water partition coefficient (Wildman–Crippen LogP) is 3.32. The van der Waals surface area contributed by atoms with Crippen molar-refractivity contribution < 1.29 is 0 Å². The van der Waals surface area contributed by atoms with E-state index < -0.39 is 0 Å². The van der Waals surface area contributed by atoms with Crippen LogP contribution in [-0.4, -0.2) is 35.9 Å². The number of nitrogens with zero attached hydrogens (tertiary/aromatic N) is 7. The van der Waals surface area contributed by atoms with Crippen molar-refractivity contribution in [2.75, 3.05) is 5.43 Å². The summed E-state index contributed by atoms with van der Waals surface area (Å²) in [5.74, 6) is 0.589. The van der Waals surface area contributed by atoms with E-state index >= 15 is 0 Å². The second kappa shape index (κ2) is 10.4. The van der Waals surface area contributed by atoms with Gasteiger partial charge in [0.2, 0.25) is 0 Å². The zero-order valence-electron chi connectivity index (χ0n) is 13.7. The number of fused-ring (bicyclic) bond motifs is 1. The maximum absolute atomic E-state index is 4.38. The van der Waals surface area contributed by atoms with Gasteiger partial charge >= 0.3 is 0 Å². The summed E-state index contributed by atoms with van der Waals surface area (Å²) >= 11 is 0. The second-order valence-corrected chi connectivity index (χ2v) is 4.87. The number of aromatic nitrogens is 6. The molecule has 0 spiro atoms. The summed E-state index contributed by atoms with van der Waals surface area (Å²) in [6.07, 6.45) is 11.7. The molecule has 0 aliphatic carbocycles. The summed E-state index contributed by atoms with van der Waals surface area (Å²) in [5, 5.41) is 9.36. The molecule has 0 bridgehead atoms. The van der Waals surface area contributed by atoms with Crippen LogP contribution < -0.4 is 5.43 Å². The zero-order chi connectivity index (χ0) is 16.2. The van der Waals surface area contributed by atoms with Gasteiger partial charge in [-0.2, -0.15) is 10.2 Å². The molecule has 0 radical (unpaired) electrons. The van der Waals surface area contributed by atoms with Gasteiger partial charge in [0.25, 0.3) is 0 Å². The van der Waals surface area contributed by atoms with E-state index in [0.29, 0.717) is 11.5 Å². The molecule has 4 rings (SSSR count). The van der Waals surface area contributed by atoms with E-state index in [1.165, 1.54) is 6.33 Å². The van der Waals surface area contributed by atoms with Gasteiger partial charge < -0.3 is 0 Å². The van der Waals surface area contributed by atoms with E-state index in [2.05, 4.69) is 35.6 Å². The first-order chi connectivity index (χ1) is 11.9. The van der Waals surface area contributed by atoms with Gasteiger partial charge in [0.1, 0.15) is 6.33 Å². The Kier molecular flexibility index (Phi) is 8.53. The quantitative estimate of drug-likeness (QED) is 0.398. The van der Waals surface area contributed by atoms with Crippen LogP contribution in [-0.2, 0) is 0 Å². The molecule has 11 heteroatoms. The lowest BCUT2D eigenvalue weighted by molar-refractivity contribution is 0.892. The summed E-state index contributed by atoms with van der Waals surface area (Å²) in [6.45, 7) is 0. The third kappa shape index (κ3) is 4.88. The number of anilines is 1. The second-order valence-electron chi connectivity index (χ2n) is 4.87. The minimum atomic E-state index is 0. The van der Waals surface area contributed by atoms with Crippen LogP contribution in [0.3, 0.4) is 0 Å². The molecule has 140 valence electrons. The normalized spacial score (nSPS) is 9.93. The van der Waals surface area contributed by atoms with Crippen molar-refractivity contribution in [1.29, 1.82) is 0 Å². The molecule has 0 saturated carbocycles. The lowest BCUT2D eigenvalue weighted by Gasteiger charge is -2.03. The summed E-state index contributed by atoms with van der Waals surface area (Å²) < 4.78 is 1.73. The molecule has 0 aromatic carbocycles. The smallest absolute Gasteiger partial charge is 0.168 e. The summed E-state index contributed by atoms with van der Waals surface area (Å²) in [6, 6.07) is 7.46. The first-order valence-corrected chi connectivity index (χ1v) is 7.20. The summed E-state index contributed by atoms with van der Waals surface area (Å²) in [4.78, 5) is 16.5. The Balaban J connectivity index is 0.00000121. The number of hydrogen-bond donors (Lipinski definition) is 1. The highest BCUT2D eigenvalue weighted by molar-refractivity contribution is 5.88. The summed E-state index contributed by atoms with van der Waals surface area (Å²) in [5.41, 5.74) is 5.45. The molecule has 0 amide bonds. The first kappa shape index (κ1) is 22.2. The predicted molar refractivity (Wildman–Crippen MR) is 112 cm³/mol. The zero-order valence-corrected chi connectivity index (χ0v) is 16.2. The van der Waals surface area contributed by atoms with Crippen LogP contribution in [0.1, 0.15) is 5.56 Å². The largest absolute Gasteiger partial charge is 0.265 e. The van der Waals surface area contributed by atoms with Gasteiger partial charge in [-0.15, -0.1) is 37.2 Å². The van der Waals surface area contributed by atoms with Gasteiger partial charge in [0.05, 0.1) is 23.5 Å². The van der Waals surface area contributed by atoms with Crippen LogP contribution >= 0.6 is 37.2 Å². The average molecular weight is 426 g/mol. The fourth-order valence-corrected chi connectivity index (χ4v) is 2.22. The fraction of sp³-hybridized carbons (Fsp3) is 0. The van der Waals surface area contributed by atoms with Crippen molar-refractivity contribution >= 4 is 60.3 Å². The standard InChI is InChI=1S/C16H12N8.3ClH/c1-5-17-6-2-12(1)9-21-23-15-14-10-22-24(16(14)20-11-19-15)13-3-7-18-8-4-13;;;/h1-11H,(H,19,20,23);3*1H/b21-9+;;;. The third-order valence-corrected chi connectivity index (χ3v) is 3.36. The van der Waals surface area contributed by atoms with Gasteiger partial charge in [-0.25, -0.2) is 14.6 Å². The van der Waals surface area contributed by atoms with Crippen LogP contribution in [0.2, 0.25) is 0 Å². The van der Waals surface area contributed by atoms with E-state index in [-0.39, 0.29) is 37.2 Å². The van der Waals surface area contributed by atoms with E-state index in [9.17, 15) is 0 Å². The molecular weight excluding hydrogens is 411 g/mol. The molecule has 0 saturated heterocycles. The van der Waals surface area contributed by atoms with E-state index in [0.717, 1.165) is 16.6 Å². The highest BCUT2D eigenvalue weighted by Gasteiger charge is 2.10. The lowest BCUT2D eigenvalue weighted by atomic mass is 10.3. The Bertz CT molecular complexity index is 992. The van der Waals surface area contributed by atoms with E-state index in [1.54, 1.807) is 41.9 Å². The Morgan fingerprint density at radius 1 is 0.889 bits per heavy atom. The minimum absolute atomic E-state index is 0. The molecule has 27 heavy (non-hydrogen) atoms. The van der Waals surface area contributed by atoms with Gasteiger partial charge in [-0.05, 0) is 29.8 Å². The van der Waals surface area contributed by atoms with Crippen molar-refractivity contribution in [1.82, 2.24) is 29.7 Å². The molecule has 0 atom stereocenters. The number of nitrogens with one attached hydrogen (secondary N) is 1. The number of rotatable bonds is 4. The molecule has 4 heterocycles. The topological polar surface area (TPSA) is 93.8 Å². The molecule has 0 fully saturated rings. The Morgan fingerprint density at radius 2 is 1.56 bits per heavy atom. The molecule has 1 N–H and O–H groups in total. The van der Waals surface area contributed by atoms with Crippen molar-refractivity contribution in [2.45, 2.75) is 0 Å². The fourth-order valence-electron chi connectivity index (χ4n) is 2.22. The van der Waals surface area contributed by atoms with Crippen LogP contribution in [0.15, 0.2) is 66.7 Å². The minimum Gasteiger partial charge on any atom is -0.265 e. The van der Waals surface area contributed by atoms with Crippen LogP contribution in [0.25, 0.3) is 16.7 Å². The number of pyridine rings is 2. The van der Waals surface area contributed by atoms with Gasteiger partial charge in [-0.3, -0.25) is 15.4 Å². The van der Waals surface area contributed by atoms with Gasteiger partial charge in [0, 0.05) is 24.8 Å². The Labute approximate surface area is 173 Å². The van der Waals surface area contributed by atoms with Crippen molar-refractivity contribution in [3.8, 4) is 5.69 Å². The van der Waals surface area contributed by atoms with Crippen molar-refractivity contribution in [3.05, 3.63) is 67.1 Å². The van der Waals surface area contributed by atoms with Crippen molar-refractivity contribution in [2.24, 2.45) is 5.10 Å². The van der Waals surface area contributed by atoms with Gasteiger partial charge in [-0.1, -0.05) is 0 Å². The highest BCUT2D eigenvalue weighted by atomic mass is 35.5. The number of halogens is 3. The third-order valence-electron chi connectivity index (χ3n) is 3.36. The monoisotopic (exact) mass is 424 g/mol. The molecule has 0 aliphatic heterocycles. The molecular formula is C16H15Cl3N8. The van der Waals surface area contributed by atoms with Crippen LogP contribution in [0.5, 0.6) is 0 Å². The number of hydrazone groups is 1. The van der Waals surface area contributed by atoms with E-state index in [4.69, 9.17) is 0 Å². The number of hydrogen-bond acceptors (Lipinski definition) is 7. The molecule has 0 unspecified atom stereocenters. The van der Waals surface area contributed by atoms with Gasteiger partial charge in [0.15, 0.2) is 11.5 Å². The lowest BCUT2D eigenvalue weighted by Crippen LogP contribution is -1.99. The average Bonchev–Trinajstić information content (AvgIpc) is 3.08. The molecule has 4 aromatic rings. The maximum atomic E-state index is 4.38. The highest BCUT2D eigenvalue weighted by Crippen LogP contribution is 2.21. The molecule has 4 aromatic heterocycles. The Hall–Kier alpha value is -2.81. The SMILES string of the molecule is C(=N\Nc1ncnc2c1cnn2-c1ccncc1)/c1ccncc1.Cl.Cl.Cl. The maximum Gasteiger partial charge on any atom is 0.168 e. The first-order valence-electron chi connectivity index (χ1n) is 7.20. The van der Waals surface area contributed by atoms with Crippen molar-refractivity contribution in [3.63, 3.8) is 0 Å². The summed E-state index contributed by atoms with van der Waals surface area (Å²) in [7, 11) is 0. The molecule has 0 aliphatic rings. The molecule has 8 nitrogen and oxygen atoms in total. The van der Waals surface area contributed by atoms with E-state index in [1.807, 2.05) is 24.3 Å².